The van der Waals surface area contributed by atoms with Crippen molar-refractivity contribution in [1.82, 2.24) is 9.97 Å². The van der Waals surface area contributed by atoms with Gasteiger partial charge < -0.3 is 0 Å². The van der Waals surface area contributed by atoms with Crippen molar-refractivity contribution in [3.8, 4) is 11.4 Å². The molecule has 12 nitrogen and oxygen atoms in total. The summed E-state index contributed by atoms with van der Waals surface area (Å²) < 4.78 is 81.2. The molecule has 6 rings (SSSR count). The number of aromatic nitrogens is 2. The Hall–Kier alpha value is -5.56. The maximum atomic E-state index is 13.2. The zero-order valence-electron chi connectivity index (χ0n) is 25.1. The van der Waals surface area contributed by atoms with Crippen LogP contribution in [0, 0.1) is 11.6 Å². The minimum absolute atomic E-state index is 0.115. The molecule has 0 aliphatic carbocycles. The van der Waals surface area contributed by atoms with E-state index in [2.05, 4.69) is 30.0 Å². The van der Waals surface area contributed by atoms with Gasteiger partial charge >= 0.3 is 0 Å². The maximum Gasteiger partial charge on any atom is 0.261 e. The average Bonchev–Trinajstić information content (AvgIpc) is 3.75. The number of carbonyl (C=O) groups excluding carboxylic acids is 2. The van der Waals surface area contributed by atoms with Crippen molar-refractivity contribution in [3.05, 3.63) is 131 Å². The summed E-state index contributed by atoms with van der Waals surface area (Å²) in [5.41, 5.74) is 1.79. The first-order valence-corrected chi connectivity index (χ1v) is 18.9. The highest BCUT2D eigenvalue weighted by Crippen LogP contribution is 2.29. The van der Waals surface area contributed by atoms with E-state index >= 15 is 0 Å². The first-order chi connectivity index (χ1) is 23.8. The Morgan fingerprint density at radius 3 is 1.20 bits per heavy atom. The molecule has 0 unspecified atom stereocenters. The van der Waals surface area contributed by atoms with Crippen molar-refractivity contribution >= 4 is 76.2 Å². The second-order valence-electron chi connectivity index (χ2n) is 10.3. The van der Waals surface area contributed by atoms with Gasteiger partial charge in [0.25, 0.3) is 31.9 Å². The van der Waals surface area contributed by atoms with Gasteiger partial charge in [-0.05, 0) is 97.1 Å². The van der Waals surface area contributed by atoms with Gasteiger partial charge in [0.2, 0.25) is 0 Å². The van der Waals surface area contributed by atoms with Gasteiger partial charge in [-0.25, -0.2) is 35.6 Å². The number of anilines is 4. The highest BCUT2D eigenvalue weighted by molar-refractivity contribution is 7.93. The lowest BCUT2D eigenvalue weighted by Crippen LogP contribution is -2.14. The topological polar surface area (TPSA) is 176 Å². The smallest absolute Gasteiger partial charge is 0.261 e. The Kier molecular flexibility index (Phi) is 9.69. The fraction of sp³-hybridized carbons (Fsp3) is 0. The number of nitrogens with zero attached hydrogens (tertiary/aromatic N) is 2. The molecule has 0 saturated carbocycles. The van der Waals surface area contributed by atoms with Crippen LogP contribution in [0.15, 0.2) is 118 Å². The molecule has 4 N–H and O–H groups in total. The third-order valence-electron chi connectivity index (χ3n) is 6.76. The lowest BCUT2D eigenvalue weighted by atomic mass is 10.2. The minimum Gasteiger partial charge on any atom is -0.298 e. The maximum absolute atomic E-state index is 13.2. The number of thiazole rings is 2. The molecule has 4 aromatic carbocycles. The van der Waals surface area contributed by atoms with E-state index in [4.69, 9.17) is 0 Å². The lowest BCUT2D eigenvalue weighted by molar-refractivity contribution is 0.101. The highest BCUT2D eigenvalue weighted by atomic mass is 32.2. The molecule has 0 radical (unpaired) electrons. The lowest BCUT2D eigenvalue weighted by Gasteiger charge is -2.09. The van der Waals surface area contributed by atoms with E-state index < -0.39 is 43.5 Å². The van der Waals surface area contributed by atoms with Crippen molar-refractivity contribution in [2.75, 3.05) is 20.1 Å². The van der Waals surface area contributed by atoms with E-state index in [1.54, 1.807) is 10.8 Å². The molecule has 0 aliphatic rings. The second kappa shape index (κ2) is 14.1. The molecular weight excluding hydrogens is 731 g/mol. The second-order valence-corrected chi connectivity index (χ2v) is 15.3. The number of nitrogens with one attached hydrogen (secondary N) is 4. The predicted octanol–water partition coefficient (Wildman–Crippen LogP) is 6.65. The molecule has 18 heteroatoms. The molecule has 2 amide bonds. The van der Waals surface area contributed by atoms with Gasteiger partial charge in [-0.1, -0.05) is 0 Å². The van der Waals surface area contributed by atoms with E-state index in [0.717, 1.165) is 71.2 Å². The van der Waals surface area contributed by atoms with Crippen molar-refractivity contribution in [2.24, 2.45) is 0 Å². The number of hydrogen-bond acceptors (Lipinski definition) is 10. The average molecular weight is 753 g/mol. The van der Waals surface area contributed by atoms with Gasteiger partial charge in [0, 0.05) is 33.3 Å². The molecule has 0 atom stereocenters. The number of sulfonamides is 2. The van der Waals surface area contributed by atoms with Crippen LogP contribution < -0.4 is 20.1 Å². The summed E-state index contributed by atoms with van der Waals surface area (Å²) in [7, 11) is -7.91. The number of hydrogen-bond donors (Lipinski definition) is 4. The van der Waals surface area contributed by atoms with Gasteiger partial charge in [0.1, 0.15) is 23.0 Å². The minimum atomic E-state index is -3.95. The summed E-state index contributed by atoms with van der Waals surface area (Å²) in [5, 5.41) is 9.27. The number of amides is 2. The predicted molar refractivity (Wildman–Crippen MR) is 186 cm³/mol. The van der Waals surface area contributed by atoms with Gasteiger partial charge in [-0.15, -0.1) is 22.7 Å². The van der Waals surface area contributed by atoms with Crippen LogP contribution in [0.5, 0.6) is 0 Å². The van der Waals surface area contributed by atoms with E-state index in [1.165, 1.54) is 48.5 Å². The zero-order chi connectivity index (χ0) is 35.5. The summed E-state index contributed by atoms with van der Waals surface area (Å²) in [5.74, 6) is -2.10. The van der Waals surface area contributed by atoms with Crippen molar-refractivity contribution in [1.29, 1.82) is 0 Å². The van der Waals surface area contributed by atoms with Gasteiger partial charge in [-0.2, -0.15) is 0 Å². The first-order valence-electron chi connectivity index (χ1n) is 14.2. The van der Waals surface area contributed by atoms with E-state index in [-0.39, 0.29) is 42.6 Å². The van der Waals surface area contributed by atoms with Crippen LogP contribution >= 0.6 is 22.7 Å². The SMILES string of the molecule is O=C(Nc1nc(-c2csc(NC(=O)c3ccc(NS(=O)(=O)c4ccc(F)cc4)cc3)n2)cs1)c1ccc(NS(=O)(=O)c2ccc(F)cc2)cc1. The molecular formula is C32H22F2N6O6S4. The highest BCUT2D eigenvalue weighted by Gasteiger charge is 2.18. The number of halogens is 2. The van der Waals surface area contributed by atoms with E-state index in [9.17, 15) is 35.2 Å². The van der Waals surface area contributed by atoms with Crippen LogP contribution in [-0.4, -0.2) is 38.6 Å². The molecule has 0 spiro atoms. The van der Waals surface area contributed by atoms with Gasteiger partial charge in [0.15, 0.2) is 10.3 Å². The van der Waals surface area contributed by atoms with Crippen molar-refractivity contribution in [2.45, 2.75) is 9.79 Å². The Labute approximate surface area is 292 Å². The quantitative estimate of drug-likeness (QED) is 0.114. The molecule has 0 fully saturated rings. The monoisotopic (exact) mass is 752 g/mol. The van der Waals surface area contributed by atoms with E-state index in [1.807, 2.05) is 0 Å². The Balaban J connectivity index is 1.03. The largest absolute Gasteiger partial charge is 0.298 e. The van der Waals surface area contributed by atoms with Crippen molar-refractivity contribution in [3.63, 3.8) is 0 Å². The fourth-order valence-electron chi connectivity index (χ4n) is 4.27. The van der Waals surface area contributed by atoms with Crippen LogP contribution in [0.4, 0.5) is 30.4 Å². The standard InChI is InChI=1S/C32H22F2N6O6S4/c33-21-5-13-25(14-6-21)49(43,44)39-23-9-1-19(2-10-23)29(41)37-31-35-27(17-47-31)28-18-48-32(36-28)38-30(42)20-3-11-24(12-4-20)40-50(45,46)26-15-7-22(34)8-16-26/h1-18,39-40H,(H,35,37,41)(H,36,38,42). The summed E-state index contributed by atoms with van der Waals surface area (Å²) in [6.07, 6.45) is 0. The Morgan fingerprint density at radius 2 is 0.860 bits per heavy atom. The van der Waals surface area contributed by atoms with Gasteiger partial charge in [-0.3, -0.25) is 29.7 Å². The van der Waals surface area contributed by atoms with Crippen LogP contribution in [-0.2, 0) is 20.0 Å². The number of benzene rings is 4. The summed E-state index contributed by atoms with van der Waals surface area (Å²) in [4.78, 5) is 34.2. The molecule has 2 heterocycles. The van der Waals surface area contributed by atoms with Crippen molar-refractivity contribution < 1.29 is 35.2 Å². The molecule has 0 saturated heterocycles. The molecule has 6 aromatic rings. The summed E-state index contributed by atoms with van der Waals surface area (Å²) in [6, 6.07) is 20.1. The summed E-state index contributed by atoms with van der Waals surface area (Å²) in [6.45, 7) is 0. The van der Waals surface area contributed by atoms with Crippen LogP contribution in [0.3, 0.4) is 0 Å². The molecule has 50 heavy (non-hydrogen) atoms. The summed E-state index contributed by atoms with van der Waals surface area (Å²) >= 11 is 2.30. The van der Waals surface area contributed by atoms with Gasteiger partial charge in [0.05, 0.1) is 9.79 Å². The normalized spacial score (nSPS) is 11.5. The number of carbonyl (C=O) groups is 2. The molecule has 0 bridgehead atoms. The molecule has 254 valence electrons. The van der Waals surface area contributed by atoms with Crippen LogP contribution in [0.25, 0.3) is 11.4 Å². The third kappa shape index (κ3) is 8.17. The van der Waals surface area contributed by atoms with E-state index in [0.29, 0.717) is 11.4 Å². The molecule has 0 aliphatic heterocycles. The molecule has 2 aromatic heterocycles. The third-order valence-corrected chi connectivity index (χ3v) is 11.1. The first kappa shape index (κ1) is 34.3. The van der Waals surface area contributed by atoms with Crippen LogP contribution in [0.2, 0.25) is 0 Å². The Bertz CT molecular complexity index is 2230. The zero-order valence-corrected chi connectivity index (χ0v) is 28.4. The van der Waals surface area contributed by atoms with Crippen LogP contribution in [0.1, 0.15) is 20.7 Å². The number of rotatable bonds is 11. The Morgan fingerprint density at radius 1 is 0.520 bits per heavy atom. The fourth-order valence-corrected chi connectivity index (χ4v) is 7.79.